The van der Waals surface area contributed by atoms with Gasteiger partial charge in [-0.3, -0.25) is 4.79 Å². The second kappa shape index (κ2) is 4.81. The molecule has 0 saturated heterocycles. The molecule has 1 aromatic rings. The molecule has 0 unspecified atom stereocenters. The molecule has 0 aliphatic carbocycles. The van der Waals surface area contributed by atoms with Gasteiger partial charge < -0.3 is 5.32 Å². The molecule has 0 saturated carbocycles. The quantitative estimate of drug-likeness (QED) is 0.791. The highest BCUT2D eigenvalue weighted by molar-refractivity contribution is 5.82. The molecule has 4 heteroatoms. The van der Waals surface area contributed by atoms with Gasteiger partial charge in [0.05, 0.1) is 6.54 Å². The van der Waals surface area contributed by atoms with Gasteiger partial charge in [0.15, 0.2) is 17.4 Å². The maximum absolute atomic E-state index is 12.7. The van der Waals surface area contributed by atoms with Crippen LogP contribution in [0.2, 0.25) is 0 Å². The first-order valence-corrected chi connectivity index (χ1v) is 4.23. The van der Waals surface area contributed by atoms with E-state index < -0.39 is 11.6 Å². The second-order valence-corrected chi connectivity index (χ2v) is 2.99. The Morgan fingerprint density at radius 3 is 2.64 bits per heavy atom. The molecule has 0 aliphatic rings. The Morgan fingerprint density at radius 2 is 2.07 bits per heavy atom. The number of ketones is 1. The van der Waals surface area contributed by atoms with Crippen LogP contribution in [0.15, 0.2) is 18.2 Å². The van der Waals surface area contributed by atoms with E-state index in [0.717, 1.165) is 12.1 Å². The SMILES string of the molecule is CNCC(=O)Cc1ccc(F)c(F)c1. The monoisotopic (exact) mass is 199 g/mol. The number of hydrogen-bond donors (Lipinski definition) is 1. The fourth-order valence-electron chi connectivity index (χ4n) is 1.14. The summed E-state index contributed by atoms with van der Waals surface area (Å²) in [5.74, 6) is -1.87. The molecule has 0 atom stereocenters. The summed E-state index contributed by atoms with van der Waals surface area (Å²) in [6.45, 7) is 0.235. The first-order valence-electron chi connectivity index (χ1n) is 4.23. The predicted molar refractivity (Wildman–Crippen MR) is 49.0 cm³/mol. The van der Waals surface area contributed by atoms with E-state index in [1.54, 1.807) is 7.05 Å². The number of hydrogen-bond acceptors (Lipinski definition) is 2. The summed E-state index contributed by atoms with van der Waals surface area (Å²) in [5, 5.41) is 2.70. The van der Waals surface area contributed by atoms with Crippen LogP contribution < -0.4 is 5.32 Å². The van der Waals surface area contributed by atoms with Crippen molar-refractivity contribution in [3.63, 3.8) is 0 Å². The van der Waals surface area contributed by atoms with Crippen LogP contribution in [0.3, 0.4) is 0 Å². The van der Waals surface area contributed by atoms with Gasteiger partial charge in [0.2, 0.25) is 0 Å². The molecule has 1 N–H and O–H groups in total. The number of benzene rings is 1. The molecule has 1 aromatic carbocycles. The van der Waals surface area contributed by atoms with Crippen LogP contribution in [0.4, 0.5) is 8.78 Å². The van der Waals surface area contributed by atoms with E-state index in [9.17, 15) is 13.6 Å². The minimum atomic E-state index is -0.917. The third kappa shape index (κ3) is 2.88. The number of carbonyl (C=O) groups excluding carboxylic acids is 1. The molecule has 0 bridgehead atoms. The third-order valence-electron chi connectivity index (χ3n) is 1.76. The van der Waals surface area contributed by atoms with E-state index in [-0.39, 0.29) is 18.7 Å². The van der Waals surface area contributed by atoms with Crippen molar-refractivity contribution >= 4 is 5.78 Å². The summed E-state index contributed by atoms with van der Waals surface area (Å²) in [4.78, 5) is 11.1. The molecular weight excluding hydrogens is 188 g/mol. The fraction of sp³-hybridized carbons (Fsp3) is 0.300. The largest absolute Gasteiger partial charge is 0.313 e. The average molecular weight is 199 g/mol. The Morgan fingerprint density at radius 1 is 1.36 bits per heavy atom. The van der Waals surface area contributed by atoms with Crippen LogP contribution in [0.5, 0.6) is 0 Å². The van der Waals surface area contributed by atoms with Crippen molar-refractivity contribution < 1.29 is 13.6 Å². The normalized spacial score (nSPS) is 10.2. The Bertz CT molecular complexity index is 339. The van der Waals surface area contributed by atoms with Crippen LogP contribution >= 0.6 is 0 Å². The van der Waals surface area contributed by atoms with Crippen molar-refractivity contribution in [2.45, 2.75) is 6.42 Å². The topological polar surface area (TPSA) is 29.1 Å². The number of carbonyl (C=O) groups is 1. The van der Waals surface area contributed by atoms with E-state index >= 15 is 0 Å². The minimum absolute atomic E-state index is 0.0569. The van der Waals surface area contributed by atoms with Crippen molar-refractivity contribution in [1.82, 2.24) is 5.32 Å². The Labute approximate surface area is 80.9 Å². The summed E-state index contributed by atoms with van der Waals surface area (Å²) in [5.41, 5.74) is 0.490. The van der Waals surface area contributed by atoms with E-state index in [1.807, 2.05) is 0 Å². The standard InChI is InChI=1S/C10H11F2NO/c1-13-6-8(14)4-7-2-3-9(11)10(12)5-7/h2-3,5,13H,4,6H2,1H3. The van der Waals surface area contributed by atoms with Gasteiger partial charge in [0.1, 0.15) is 0 Å². The van der Waals surface area contributed by atoms with Gasteiger partial charge in [-0.25, -0.2) is 8.78 Å². The summed E-state index contributed by atoms with van der Waals surface area (Å²) >= 11 is 0. The van der Waals surface area contributed by atoms with Crippen molar-refractivity contribution in [2.75, 3.05) is 13.6 Å². The second-order valence-electron chi connectivity index (χ2n) is 2.99. The van der Waals surface area contributed by atoms with Crippen LogP contribution in [0.25, 0.3) is 0 Å². The van der Waals surface area contributed by atoms with Crippen LogP contribution in [0, 0.1) is 11.6 Å². The number of rotatable bonds is 4. The van der Waals surface area contributed by atoms with E-state index in [0.29, 0.717) is 5.56 Å². The maximum Gasteiger partial charge on any atom is 0.159 e. The molecule has 2 nitrogen and oxygen atoms in total. The molecule has 0 radical (unpaired) electrons. The lowest BCUT2D eigenvalue weighted by Gasteiger charge is -2.01. The smallest absolute Gasteiger partial charge is 0.159 e. The van der Waals surface area contributed by atoms with Gasteiger partial charge in [0, 0.05) is 6.42 Å². The van der Waals surface area contributed by atoms with Gasteiger partial charge in [-0.2, -0.15) is 0 Å². The van der Waals surface area contributed by atoms with E-state index in [4.69, 9.17) is 0 Å². The minimum Gasteiger partial charge on any atom is -0.313 e. The molecule has 76 valence electrons. The number of nitrogens with one attached hydrogen (secondary N) is 1. The Hall–Kier alpha value is -1.29. The molecule has 0 aromatic heterocycles. The highest BCUT2D eigenvalue weighted by atomic mass is 19.2. The van der Waals surface area contributed by atoms with Gasteiger partial charge in [-0.1, -0.05) is 6.07 Å². The Kier molecular flexibility index (Phi) is 3.71. The number of likely N-dealkylation sites (N-methyl/N-ethyl adjacent to an activating group) is 1. The highest BCUT2D eigenvalue weighted by Crippen LogP contribution is 2.09. The van der Waals surface area contributed by atoms with Crippen molar-refractivity contribution in [1.29, 1.82) is 0 Å². The lowest BCUT2D eigenvalue weighted by atomic mass is 10.1. The highest BCUT2D eigenvalue weighted by Gasteiger charge is 2.06. The predicted octanol–water partition coefficient (Wildman–Crippen LogP) is 1.30. The fourth-order valence-corrected chi connectivity index (χ4v) is 1.14. The number of halogens is 2. The lowest BCUT2D eigenvalue weighted by molar-refractivity contribution is -0.117. The zero-order valence-corrected chi connectivity index (χ0v) is 7.81. The summed E-state index contributed by atoms with van der Waals surface area (Å²) in [7, 11) is 1.66. The summed E-state index contributed by atoms with van der Waals surface area (Å²) in [6, 6.07) is 3.48. The van der Waals surface area contributed by atoms with Gasteiger partial charge >= 0.3 is 0 Å². The van der Waals surface area contributed by atoms with Crippen molar-refractivity contribution in [3.8, 4) is 0 Å². The number of Topliss-reactive ketones (excluding diaryl/α,β-unsaturated/α-hetero) is 1. The average Bonchev–Trinajstić information content (AvgIpc) is 2.12. The lowest BCUT2D eigenvalue weighted by Crippen LogP contribution is -2.20. The summed E-state index contributed by atoms with van der Waals surface area (Å²) in [6.07, 6.45) is 0.123. The van der Waals surface area contributed by atoms with Crippen LogP contribution in [-0.2, 0) is 11.2 Å². The van der Waals surface area contributed by atoms with Crippen molar-refractivity contribution in [2.24, 2.45) is 0 Å². The summed E-state index contributed by atoms with van der Waals surface area (Å²) < 4.78 is 25.2. The van der Waals surface area contributed by atoms with Crippen molar-refractivity contribution in [3.05, 3.63) is 35.4 Å². The molecule has 0 aliphatic heterocycles. The van der Waals surface area contributed by atoms with Crippen LogP contribution in [0.1, 0.15) is 5.56 Å². The molecule has 0 spiro atoms. The maximum atomic E-state index is 12.7. The molecule has 1 rings (SSSR count). The van der Waals surface area contributed by atoms with Gasteiger partial charge in [-0.15, -0.1) is 0 Å². The van der Waals surface area contributed by atoms with E-state index in [2.05, 4.69) is 5.32 Å². The molecule has 0 heterocycles. The Balaban J connectivity index is 2.68. The molecule has 0 amide bonds. The zero-order chi connectivity index (χ0) is 10.6. The third-order valence-corrected chi connectivity index (χ3v) is 1.76. The molecular formula is C10H11F2NO. The molecule has 14 heavy (non-hydrogen) atoms. The van der Waals surface area contributed by atoms with Gasteiger partial charge in [-0.05, 0) is 24.7 Å². The van der Waals surface area contributed by atoms with Gasteiger partial charge in [0.25, 0.3) is 0 Å². The molecule has 0 fully saturated rings. The zero-order valence-electron chi connectivity index (χ0n) is 7.81. The van der Waals surface area contributed by atoms with E-state index in [1.165, 1.54) is 6.07 Å². The first kappa shape index (κ1) is 10.8. The first-order chi connectivity index (χ1) is 6.63. The van der Waals surface area contributed by atoms with Crippen LogP contribution in [-0.4, -0.2) is 19.4 Å².